The maximum absolute atomic E-state index is 12.9. The van der Waals surface area contributed by atoms with Gasteiger partial charge in [0.05, 0.1) is 5.84 Å². The molecule has 0 spiro atoms. The third-order valence-corrected chi connectivity index (χ3v) is 4.55. The van der Waals surface area contributed by atoms with E-state index in [2.05, 4.69) is 9.80 Å². The predicted molar refractivity (Wildman–Crippen MR) is 79.9 cm³/mol. The second kappa shape index (κ2) is 5.81. The summed E-state index contributed by atoms with van der Waals surface area (Å²) in [4.78, 5) is 4.51. The third kappa shape index (κ3) is 2.79. The fourth-order valence-electron chi connectivity index (χ4n) is 3.31. The Morgan fingerprint density at radius 1 is 1.00 bits per heavy atom. The minimum Gasteiger partial charge on any atom is -0.368 e. The molecular formula is C16H22FN3. The Morgan fingerprint density at radius 3 is 2.20 bits per heavy atom. The summed E-state index contributed by atoms with van der Waals surface area (Å²) in [6, 6.07) is 6.71. The van der Waals surface area contributed by atoms with Crippen LogP contribution in [0, 0.1) is 17.1 Å². The Kier molecular flexibility index (Phi) is 3.90. The molecule has 0 bridgehead atoms. The van der Waals surface area contributed by atoms with Crippen molar-refractivity contribution >= 4 is 11.5 Å². The molecule has 1 aliphatic carbocycles. The van der Waals surface area contributed by atoms with Crippen molar-refractivity contribution in [2.75, 3.05) is 31.1 Å². The van der Waals surface area contributed by atoms with Crippen LogP contribution in [0.15, 0.2) is 24.3 Å². The first-order chi connectivity index (χ1) is 9.74. The van der Waals surface area contributed by atoms with Crippen LogP contribution in [0.4, 0.5) is 10.1 Å². The molecule has 0 radical (unpaired) electrons. The molecule has 0 amide bonds. The smallest absolute Gasteiger partial charge is 0.123 e. The van der Waals surface area contributed by atoms with E-state index in [-0.39, 0.29) is 5.82 Å². The fraction of sp³-hybridized carbons (Fsp3) is 0.562. The van der Waals surface area contributed by atoms with Crippen LogP contribution >= 0.6 is 0 Å². The summed E-state index contributed by atoms with van der Waals surface area (Å²) in [7, 11) is 0. The van der Waals surface area contributed by atoms with Gasteiger partial charge < -0.3 is 9.80 Å². The number of hydrogen-bond donors (Lipinski definition) is 1. The highest BCUT2D eigenvalue weighted by Gasteiger charge is 2.26. The van der Waals surface area contributed by atoms with E-state index in [0.717, 1.165) is 37.7 Å². The second-order valence-electron chi connectivity index (χ2n) is 5.82. The van der Waals surface area contributed by atoms with E-state index in [4.69, 9.17) is 5.41 Å². The molecule has 3 nitrogen and oxygen atoms in total. The minimum atomic E-state index is -0.185. The monoisotopic (exact) mass is 275 g/mol. The fourth-order valence-corrected chi connectivity index (χ4v) is 3.31. The molecule has 20 heavy (non-hydrogen) atoms. The van der Waals surface area contributed by atoms with Crippen LogP contribution in [0.3, 0.4) is 0 Å². The van der Waals surface area contributed by atoms with Gasteiger partial charge in [-0.3, -0.25) is 5.41 Å². The number of hydrogen-bond acceptors (Lipinski definition) is 2. The minimum absolute atomic E-state index is 0.185. The number of rotatable bonds is 2. The molecule has 2 aliphatic rings. The summed E-state index contributed by atoms with van der Waals surface area (Å²) in [6.07, 6.45) is 4.94. The van der Waals surface area contributed by atoms with Crippen molar-refractivity contribution in [1.82, 2.24) is 4.90 Å². The Hall–Kier alpha value is -1.58. The molecule has 1 aromatic rings. The van der Waals surface area contributed by atoms with Gasteiger partial charge in [0, 0.05) is 37.8 Å². The van der Waals surface area contributed by atoms with Gasteiger partial charge in [0.25, 0.3) is 0 Å². The summed E-state index contributed by atoms with van der Waals surface area (Å²) >= 11 is 0. The van der Waals surface area contributed by atoms with E-state index in [9.17, 15) is 4.39 Å². The molecule has 0 unspecified atom stereocenters. The maximum Gasteiger partial charge on any atom is 0.123 e. The molecule has 1 saturated heterocycles. The van der Waals surface area contributed by atoms with Gasteiger partial charge in [0.1, 0.15) is 5.82 Å². The van der Waals surface area contributed by atoms with Gasteiger partial charge in [-0.15, -0.1) is 0 Å². The zero-order valence-corrected chi connectivity index (χ0v) is 11.8. The van der Waals surface area contributed by atoms with E-state index in [0.29, 0.717) is 5.92 Å². The zero-order valence-electron chi connectivity index (χ0n) is 11.8. The lowest BCUT2D eigenvalue weighted by atomic mass is 10.1. The van der Waals surface area contributed by atoms with Crippen molar-refractivity contribution in [3.63, 3.8) is 0 Å². The number of anilines is 1. The van der Waals surface area contributed by atoms with Gasteiger partial charge in [-0.05, 0) is 37.1 Å². The van der Waals surface area contributed by atoms with Gasteiger partial charge in [-0.2, -0.15) is 0 Å². The molecule has 1 aromatic carbocycles. The van der Waals surface area contributed by atoms with Gasteiger partial charge >= 0.3 is 0 Å². The van der Waals surface area contributed by atoms with E-state index < -0.39 is 0 Å². The Bertz CT molecular complexity index is 457. The van der Waals surface area contributed by atoms with E-state index >= 15 is 0 Å². The highest BCUT2D eigenvalue weighted by atomic mass is 19.1. The van der Waals surface area contributed by atoms with Gasteiger partial charge in [-0.1, -0.05) is 12.8 Å². The van der Waals surface area contributed by atoms with Crippen molar-refractivity contribution in [2.24, 2.45) is 5.92 Å². The average molecular weight is 275 g/mol. The lowest BCUT2D eigenvalue weighted by Gasteiger charge is -2.38. The highest BCUT2D eigenvalue weighted by Crippen LogP contribution is 2.27. The summed E-state index contributed by atoms with van der Waals surface area (Å²) in [5, 5.41) is 8.34. The molecule has 1 N–H and O–H groups in total. The number of piperazine rings is 1. The van der Waals surface area contributed by atoms with Crippen LogP contribution in [0.2, 0.25) is 0 Å². The molecule has 108 valence electrons. The summed E-state index contributed by atoms with van der Waals surface area (Å²) in [5.74, 6) is 1.16. The Morgan fingerprint density at radius 2 is 1.60 bits per heavy atom. The van der Waals surface area contributed by atoms with Gasteiger partial charge in [0.2, 0.25) is 0 Å². The topological polar surface area (TPSA) is 30.3 Å². The molecule has 0 aromatic heterocycles. The first-order valence-electron chi connectivity index (χ1n) is 7.58. The van der Waals surface area contributed by atoms with E-state index in [1.165, 1.54) is 37.8 Å². The van der Waals surface area contributed by atoms with Crippen LogP contribution < -0.4 is 4.90 Å². The van der Waals surface area contributed by atoms with Crippen molar-refractivity contribution in [3.05, 3.63) is 30.1 Å². The molecule has 0 atom stereocenters. The summed E-state index contributed by atoms with van der Waals surface area (Å²) < 4.78 is 12.9. The van der Waals surface area contributed by atoms with Gasteiger partial charge in [-0.25, -0.2) is 4.39 Å². The summed E-state index contributed by atoms with van der Waals surface area (Å²) in [5.41, 5.74) is 1.08. The second-order valence-corrected chi connectivity index (χ2v) is 5.82. The van der Waals surface area contributed by atoms with Crippen LogP contribution in [-0.2, 0) is 0 Å². The predicted octanol–water partition coefficient (Wildman–Crippen LogP) is 3.12. The SMILES string of the molecule is N=C(C1CCCC1)N1CCN(c2ccc(F)cc2)CC1. The quantitative estimate of drug-likeness (QED) is 0.664. The number of benzene rings is 1. The standard InChI is InChI=1S/C16H22FN3/c17-14-5-7-15(8-6-14)19-9-11-20(12-10-19)16(18)13-3-1-2-4-13/h5-8,13,18H,1-4,9-12H2. The van der Waals surface area contributed by atoms with Gasteiger partial charge in [0.15, 0.2) is 0 Å². The molecule has 4 heteroatoms. The number of amidine groups is 1. The molecule has 2 fully saturated rings. The maximum atomic E-state index is 12.9. The van der Waals surface area contributed by atoms with E-state index in [1.54, 1.807) is 0 Å². The van der Waals surface area contributed by atoms with Crippen molar-refractivity contribution in [3.8, 4) is 0 Å². The van der Waals surface area contributed by atoms with E-state index in [1.807, 2.05) is 12.1 Å². The molecular weight excluding hydrogens is 253 g/mol. The number of nitrogens with zero attached hydrogens (tertiary/aromatic N) is 2. The Balaban J connectivity index is 1.56. The molecule has 1 heterocycles. The third-order valence-electron chi connectivity index (χ3n) is 4.55. The number of halogens is 1. The van der Waals surface area contributed by atoms with Crippen molar-refractivity contribution in [1.29, 1.82) is 5.41 Å². The van der Waals surface area contributed by atoms with Crippen molar-refractivity contribution in [2.45, 2.75) is 25.7 Å². The van der Waals surface area contributed by atoms with Crippen LogP contribution in [-0.4, -0.2) is 36.9 Å². The number of nitrogens with one attached hydrogen (secondary N) is 1. The average Bonchev–Trinajstić information content (AvgIpc) is 3.02. The Labute approximate surface area is 119 Å². The largest absolute Gasteiger partial charge is 0.368 e. The summed E-state index contributed by atoms with van der Waals surface area (Å²) in [6.45, 7) is 3.65. The first kappa shape index (κ1) is 13.4. The lowest BCUT2D eigenvalue weighted by molar-refractivity contribution is 0.362. The van der Waals surface area contributed by atoms with Crippen molar-refractivity contribution < 1.29 is 4.39 Å². The molecule has 1 saturated carbocycles. The highest BCUT2D eigenvalue weighted by molar-refractivity contribution is 5.82. The van der Waals surface area contributed by atoms with Crippen LogP contribution in [0.1, 0.15) is 25.7 Å². The normalized spacial score (nSPS) is 20.4. The molecule has 1 aliphatic heterocycles. The molecule has 3 rings (SSSR count). The van der Waals surface area contributed by atoms with Crippen LogP contribution in [0.5, 0.6) is 0 Å². The first-order valence-corrected chi connectivity index (χ1v) is 7.58. The lowest BCUT2D eigenvalue weighted by Crippen LogP contribution is -2.50. The van der Waals surface area contributed by atoms with Crippen LogP contribution in [0.25, 0.3) is 0 Å². The zero-order chi connectivity index (χ0) is 13.9.